The van der Waals surface area contributed by atoms with E-state index in [-0.39, 0.29) is 18.0 Å². The van der Waals surface area contributed by atoms with Gasteiger partial charge in [-0.15, -0.1) is 0 Å². The molecule has 0 fully saturated rings. The normalized spacial score (nSPS) is 10.7. The first-order valence-corrected chi connectivity index (χ1v) is 8.63. The van der Waals surface area contributed by atoms with Crippen LogP contribution < -0.4 is 20.3 Å². The van der Waals surface area contributed by atoms with Gasteiger partial charge in [0.15, 0.2) is 0 Å². The molecule has 1 N–H and O–H groups in total. The summed E-state index contributed by atoms with van der Waals surface area (Å²) in [6, 6.07) is 12.3. The van der Waals surface area contributed by atoms with Gasteiger partial charge < -0.3 is 19.4 Å². The van der Waals surface area contributed by atoms with Crippen molar-refractivity contribution in [1.82, 2.24) is 4.57 Å². The van der Waals surface area contributed by atoms with E-state index in [0.717, 1.165) is 5.39 Å². The number of pyridine rings is 1. The predicted molar refractivity (Wildman–Crippen MR) is 106 cm³/mol. The monoisotopic (exact) mass is 386 g/mol. The lowest BCUT2D eigenvalue weighted by Gasteiger charge is -2.15. The second-order valence-electron chi connectivity index (χ2n) is 6.00. The first-order valence-electron chi connectivity index (χ1n) is 8.25. The van der Waals surface area contributed by atoms with Gasteiger partial charge in [-0.2, -0.15) is 0 Å². The maximum Gasteiger partial charge on any atom is 0.259 e. The van der Waals surface area contributed by atoms with Crippen molar-refractivity contribution < 1.29 is 14.3 Å². The molecule has 0 saturated heterocycles. The number of rotatable bonds is 5. The molecule has 0 aliphatic carbocycles. The van der Waals surface area contributed by atoms with E-state index in [4.69, 9.17) is 21.1 Å². The molecule has 0 aliphatic rings. The number of hydrogen-bond donors (Lipinski definition) is 1. The third-order valence-corrected chi connectivity index (χ3v) is 4.57. The smallest absolute Gasteiger partial charge is 0.259 e. The average Bonchev–Trinajstić information content (AvgIpc) is 2.65. The lowest BCUT2D eigenvalue weighted by Crippen LogP contribution is -2.29. The van der Waals surface area contributed by atoms with Crippen LogP contribution in [0.1, 0.15) is 5.69 Å². The lowest BCUT2D eigenvalue weighted by atomic mass is 10.1. The van der Waals surface area contributed by atoms with Gasteiger partial charge in [0.05, 0.1) is 24.9 Å². The zero-order valence-electron chi connectivity index (χ0n) is 15.2. The Bertz CT molecular complexity index is 1080. The number of carbonyl (C=O) groups excluding carboxylic acids is 1. The summed E-state index contributed by atoms with van der Waals surface area (Å²) in [5.41, 5.74) is 0.897. The second-order valence-corrected chi connectivity index (χ2v) is 6.41. The van der Waals surface area contributed by atoms with Crippen LogP contribution in [0.4, 0.5) is 5.69 Å². The molecule has 0 radical (unpaired) electrons. The van der Waals surface area contributed by atoms with Crippen LogP contribution >= 0.6 is 11.6 Å². The summed E-state index contributed by atoms with van der Waals surface area (Å²) >= 11 is 6.13. The Morgan fingerprint density at radius 3 is 2.52 bits per heavy atom. The number of hydrogen-bond acceptors (Lipinski definition) is 4. The van der Waals surface area contributed by atoms with E-state index in [1.807, 2.05) is 18.2 Å². The highest BCUT2D eigenvalue weighted by Gasteiger charge is 2.15. The van der Waals surface area contributed by atoms with Gasteiger partial charge in [0, 0.05) is 17.1 Å². The summed E-state index contributed by atoms with van der Waals surface area (Å²) in [6.07, 6.45) is 0. The van der Waals surface area contributed by atoms with E-state index in [1.165, 1.54) is 18.8 Å². The molecule has 0 saturated carbocycles. The third kappa shape index (κ3) is 3.75. The minimum absolute atomic E-state index is 0.123. The number of ether oxygens (including phenoxy) is 2. The summed E-state index contributed by atoms with van der Waals surface area (Å²) in [5, 5.41) is 4.50. The summed E-state index contributed by atoms with van der Waals surface area (Å²) in [4.78, 5) is 25.3. The molecule has 0 atom stereocenters. The Hall–Kier alpha value is -2.99. The molecule has 0 spiro atoms. The van der Waals surface area contributed by atoms with Crippen LogP contribution in [0.2, 0.25) is 5.02 Å². The van der Waals surface area contributed by atoms with Crippen molar-refractivity contribution in [2.24, 2.45) is 0 Å². The minimum Gasteiger partial charge on any atom is -0.495 e. The number of amides is 1. The lowest BCUT2D eigenvalue weighted by molar-refractivity contribution is -0.116. The molecule has 1 amide bonds. The van der Waals surface area contributed by atoms with Gasteiger partial charge in [-0.3, -0.25) is 9.59 Å². The minimum atomic E-state index is -0.366. The Morgan fingerprint density at radius 1 is 1.11 bits per heavy atom. The quantitative estimate of drug-likeness (QED) is 0.727. The van der Waals surface area contributed by atoms with Crippen molar-refractivity contribution in [2.45, 2.75) is 13.5 Å². The van der Waals surface area contributed by atoms with Gasteiger partial charge in [-0.05, 0) is 30.5 Å². The summed E-state index contributed by atoms with van der Waals surface area (Å²) in [7, 11) is 2.98. The zero-order valence-corrected chi connectivity index (χ0v) is 16.0. The molecule has 3 rings (SSSR count). The molecule has 0 aliphatic heterocycles. The number of fused-ring (bicyclic) bond motifs is 1. The first kappa shape index (κ1) is 18.8. The third-order valence-electron chi connectivity index (χ3n) is 4.28. The molecule has 1 heterocycles. The van der Waals surface area contributed by atoms with Crippen molar-refractivity contribution in [3.05, 3.63) is 63.5 Å². The fourth-order valence-corrected chi connectivity index (χ4v) is 3.15. The van der Waals surface area contributed by atoms with Gasteiger partial charge in [0.25, 0.3) is 5.56 Å². The van der Waals surface area contributed by atoms with Crippen LogP contribution in [-0.4, -0.2) is 24.7 Å². The number of halogens is 1. The number of aryl methyl sites for hydroxylation is 1. The number of nitrogens with zero attached hydrogens (tertiary/aromatic N) is 1. The maximum atomic E-state index is 12.7. The Balaban J connectivity index is 1.90. The van der Waals surface area contributed by atoms with Crippen LogP contribution in [-0.2, 0) is 11.3 Å². The van der Waals surface area contributed by atoms with Gasteiger partial charge >= 0.3 is 0 Å². The van der Waals surface area contributed by atoms with E-state index in [0.29, 0.717) is 33.3 Å². The number of benzene rings is 2. The van der Waals surface area contributed by atoms with Crippen LogP contribution in [0, 0.1) is 6.92 Å². The van der Waals surface area contributed by atoms with Crippen molar-refractivity contribution in [2.75, 3.05) is 19.5 Å². The van der Waals surface area contributed by atoms with Crippen molar-refractivity contribution in [1.29, 1.82) is 0 Å². The highest BCUT2D eigenvalue weighted by Crippen LogP contribution is 2.35. The van der Waals surface area contributed by atoms with Crippen LogP contribution in [0.5, 0.6) is 11.5 Å². The Kier molecular flexibility index (Phi) is 5.37. The molecule has 0 unspecified atom stereocenters. The molecule has 7 heteroatoms. The molecule has 6 nitrogen and oxygen atoms in total. The molecule has 2 aromatic carbocycles. The summed E-state index contributed by atoms with van der Waals surface area (Å²) < 4.78 is 11.9. The topological polar surface area (TPSA) is 69.6 Å². The molecular formula is C20H19ClN2O4. The zero-order chi connectivity index (χ0) is 19.6. The largest absolute Gasteiger partial charge is 0.495 e. The molecule has 3 aromatic rings. The van der Waals surface area contributed by atoms with Crippen molar-refractivity contribution in [3.8, 4) is 11.5 Å². The standard InChI is InChI=1S/C20H19ClN2O4/c1-12-8-13-6-4-5-7-14(13)20(25)23(12)11-19(24)22-16-9-15(21)17(26-2)10-18(16)27-3/h4-10H,11H2,1-3H3,(H,22,24). The van der Waals surface area contributed by atoms with Crippen LogP contribution in [0.15, 0.2) is 47.3 Å². The van der Waals surface area contributed by atoms with Crippen molar-refractivity contribution in [3.63, 3.8) is 0 Å². The van der Waals surface area contributed by atoms with Gasteiger partial charge in [0.2, 0.25) is 5.91 Å². The number of anilines is 1. The van der Waals surface area contributed by atoms with Gasteiger partial charge in [0.1, 0.15) is 18.0 Å². The van der Waals surface area contributed by atoms with Crippen LogP contribution in [0.3, 0.4) is 0 Å². The molecule has 140 valence electrons. The molecule has 1 aromatic heterocycles. The maximum absolute atomic E-state index is 12.7. The Labute approximate surface area is 161 Å². The van der Waals surface area contributed by atoms with E-state index >= 15 is 0 Å². The van der Waals surface area contributed by atoms with E-state index in [2.05, 4.69) is 5.32 Å². The van der Waals surface area contributed by atoms with E-state index in [9.17, 15) is 9.59 Å². The van der Waals surface area contributed by atoms with E-state index < -0.39 is 0 Å². The van der Waals surface area contributed by atoms with Crippen molar-refractivity contribution >= 4 is 34.0 Å². The summed E-state index contributed by atoms with van der Waals surface area (Å²) in [6.45, 7) is 1.67. The fourth-order valence-electron chi connectivity index (χ4n) is 2.91. The van der Waals surface area contributed by atoms with Gasteiger partial charge in [-0.25, -0.2) is 0 Å². The highest BCUT2D eigenvalue weighted by atomic mass is 35.5. The van der Waals surface area contributed by atoms with E-state index in [1.54, 1.807) is 31.2 Å². The average molecular weight is 387 g/mol. The Morgan fingerprint density at radius 2 is 1.81 bits per heavy atom. The second kappa shape index (κ2) is 7.72. The van der Waals surface area contributed by atoms with Gasteiger partial charge in [-0.1, -0.05) is 29.8 Å². The number of carbonyl (C=O) groups is 1. The molecule has 27 heavy (non-hydrogen) atoms. The number of nitrogens with one attached hydrogen (secondary N) is 1. The molecule has 0 bridgehead atoms. The van der Waals surface area contributed by atoms with Crippen LogP contribution in [0.25, 0.3) is 10.8 Å². The molecular weight excluding hydrogens is 368 g/mol. The first-order chi connectivity index (χ1) is 12.9. The summed E-state index contributed by atoms with van der Waals surface area (Å²) in [5.74, 6) is 0.482. The number of methoxy groups -OCH3 is 2. The fraction of sp³-hybridized carbons (Fsp3) is 0.200. The highest BCUT2D eigenvalue weighted by molar-refractivity contribution is 6.32. The number of aromatic nitrogens is 1. The SMILES string of the molecule is COc1cc(OC)c(NC(=O)Cn2c(C)cc3ccccc3c2=O)cc1Cl. The predicted octanol–water partition coefficient (Wildman–Crippen LogP) is 3.62.